The van der Waals surface area contributed by atoms with Crippen molar-refractivity contribution in [1.29, 1.82) is 0 Å². The molecule has 0 aliphatic carbocycles. The molecule has 0 fully saturated rings. The number of fused-ring (bicyclic) bond motifs is 3. The molecule has 0 spiro atoms. The molecule has 0 N–H and O–H groups in total. The van der Waals surface area contributed by atoms with E-state index in [1.165, 1.54) is 22.4 Å². The zero-order valence-electron chi connectivity index (χ0n) is 10.6. The van der Waals surface area contributed by atoms with E-state index in [1.54, 1.807) is 0 Å². The molecule has 0 unspecified atom stereocenters. The summed E-state index contributed by atoms with van der Waals surface area (Å²) < 4.78 is 0. The quantitative estimate of drug-likeness (QED) is 0.651. The molecule has 0 amide bonds. The molecule has 0 bridgehead atoms. The predicted octanol–water partition coefficient (Wildman–Crippen LogP) is 4.04. The number of benzene rings is 2. The third-order valence-electron chi connectivity index (χ3n) is 3.98. The standard InChI is InChI=1S/C16H17N/c1-16(2)14-10-6-4-8-12(14)13-9-5-7-11-15(13)17(16)3/h4-11H,1-3H3. The summed E-state index contributed by atoms with van der Waals surface area (Å²) in [6, 6.07) is 17.3. The lowest BCUT2D eigenvalue weighted by Crippen LogP contribution is -2.41. The molecular formula is C16H17N. The van der Waals surface area contributed by atoms with Gasteiger partial charge < -0.3 is 4.90 Å². The van der Waals surface area contributed by atoms with Gasteiger partial charge in [0.05, 0.1) is 5.54 Å². The highest BCUT2D eigenvalue weighted by Gasteiger charge is 2.34. The third-order valence-corrected chi connectivity index (χ3v) is 3.98. The predicted molar refractivity (Wildman–Crippen MR) is 73.3 cm³/mol. The largest absolute Gasteiger partial charge is 0.365 e. The Kier molecular flexibility index (Phi) is 2.06. The first-order valence-electron chi connectivity index (χ1n) is 6.05. The second-order valence-corrected chi connectivity index (χ2v) is 5.18. The van der Waals surface area contributed by atoms with E-state index in [9.17, 15) is 0 Å². The van der Waals surface area contributed by atoms with Crippen LogP contribution in [0.15, 0.2) is 48.5 Å². The van der Waals surface area contributed by atoms with Gasteiger partial charge in [0.1, 0.15) is 0 Å². The molecule has 17 heavy (non-hydrogen) atoms. The van der Waals surface area contributed by atoms with Crippen LogP contribution in [-0.2, 0) is 5.54 Å². The number of anilines is 1. The van der Waals surface area contributed by atoms with E-state index in [0.717, 1.165) is 0 Å². The van der Waals surface area contributed by atoms with Gasteiger partial charge in [0.15, 0.2) is 0 Å². The molecule has 0 saturated heterocycles. The van der Waals surface area contributed by atoms with E-state index in [4.69, 9.17) is 0 Å². The van der Waals surface area contributed by atoms with Crippen LogP contribution in [0, 0.1) is 0 Å². The Morgan fingerprint density at radius 2 is 1.41 bits per heavy atom. The molecule has 1 aliphatic rings. The van der Waals surface area contributed by atoms with Crippen molar-refractivity contribution in [2.75, 3.05) is 11.9 Å². The van der Waals surface area contributed by atoms with Crippen LogP contribution in [0.4, 0.5) is 5.69 Å². The Bertz CT molecular complexity index is 569. The maximum Gasteiger partial charge on any atom is 0.0600 e. The van der Waals surface area contributed by atoms with Gasteiger partial charge in [-0.05, 0) is 31.0 Å². The molecule has 0 saturated carbocycles. The van der Waals surface area contributed by atoms with Crippen molar-refractivity contribution < 1.29 is 0 Å². The maximum absolute atomic E-state index is 2.37. The number of rotatable bonds is 0. The zero-order valence-corrected chi connectivity index (χ0v) is 10.6. The lowest BCUT2D eigenvalue weighted by molar-refractivity contribution is 0.510. The molecular weight excluding hydrogens is 206 g/mol. The molecule has 0 atom stereocenters. The van der Waals surface area contributed by atoms with E-state index in [2.05, 4.69) is 74.3 Å². The topological polar surface area (TPSA) is 3.24 Å². The molecule has 3 rings (SSSR count). The summed E-state index contributed by atoms with van der Waals surface area (Å²) in [5.74, 6) is 0. The molecule has 2 aromatic rings. The van der Waals surface area contributed by atoms with Crippen molar-refractivity contribution >= 4 is 5.69 Å². The van der Waals surface area contributed by atoms with Crippen molar-refractivity contribution in [2.24, 2.45) is 0 Å². The third kappa shape index (κ3) is 1.32. The SMILES string of the molecule is CN1c2ccccc2-c2ccccc2C1(C)C. The number of para-hydroxylation sites is 1. The normalized spacial score (nSPS) is 16.3. The summed E-state index contributed by atoms with van der Waals surface area (Å²) in [4.78, 5) is 2.37. The Morgan fingerprint density at radius 3 is 2.18 bits per heavy atom. The first kappa shape index (κ1) is 10.4. The summed E-state index contributed by atoms with van der Waals surface area (Å²) in [6.07, 6.45) is 0. The van der Waals surface area contributed by atoms with Gasteiger partial charge >= 0.3 is 0 Å². The van der Waals surface area contributed by atoms with Crippen molar-refractivity contribution in [3.05, 3.63) is 54.1 Å². The average Bonchev–Trinajstić information content (AvgIpc) is 2.37. The first-order chi connectivity index (χ1) is 8.12. The van der Waals surface area contributed by atoms with E-state index in [0.29, 0.717) is 0 Å². The second-order valence-electron chi connectivity index (χ2n) is 5.18. The minimum atomic E-state index is 0.0466. The lowest BCUT2D eigenvalue weighted by atomic mass is 9.81. The van der Waals surface area contributed by atoms with E-state index in [-0.39, 0.29) is 5.54 Å². The van der Waals surface area contributed by atoms with Crippen molar-refractivity contribution in [2.45, 2.75) is 19.4 Å². The maximum atomic E-state index is 2.37. The molecule has 0 radical (unpaired) electrons. The van der Waals surface area contributed by atoms with Crippen LogP contribution in [0.3, 0.4) is 0 Å². The molecule has 1 aliphatic heterocycles. The van der Waals surface area contributed by atoms with E-state index >= 15 is 0 Å². The average molecular weight is 223 g/mol. The fourth-order valence-corrected chi connectivity index (χ4v) is 2.73. The summed E-state index contributed by atoms with van der Waals surface area (Å²) >= 11 is 0. The Morgan fingerprint density at radius 1 is 0.824 bits per heavy atom. The highest BCUT2D eigenvalue weighted by atomic mass is 15.2. The number of hydrogen-bond acceptors (Lipinski definition) is 1. The molecule has 0 aromatic heterocycles. The Hall–Kier alpha value is -1.76. The minimum absolute atomic E-state index is 0.0466. The lowest BCUT2D eigenvalue weighted by Gasteiger charge is -2.44. The monoisotopic (exact) mass is 223 g/mol. The number of nitrogens with zero attached hydrogens (tertiary/aromatic N) is 1. The van der Waals surface area contributed by atoms with Gasteiger partial charge in [-0.25, -0.2) is 0 Å². The summed E-state index contributed by atoms with van der Waals surface area (Å²) in [7, 11) is 2.18. The van der Waals surface area contributed by atoms with Crippen LogP contribution in [0.25, 0.3) is 11.1 Å². The highest BCUT2D eigenvalue weighted by Crippen LogP contribution is 2.46. The highest BCUT2D eigenvalue weighted by molar-refractivity contribution is 5.85. The first-order valence-corrected chi connectivity index (χ1v) is 6.05. The van der Waals surface area contributed by atoms with Crippen LogP contribution in [0.5, 0.6) is 0 Å². The molecule has 1 nitrogen and oxygen atoms in total. The van der Waals surface area contributed by atoms with Gasteiger partial charge in [-0.2, -0.15) is 0 Å². The fraction of sp³-hybridized carbons (Fsp3) is 0.250. The van der Waals surface area contributed by atoms with Crippen LogP contribution >= 0.6 is 0 Å². The van der Waals surface area contributed by atoms with Crippen LogP contribution < -0.4 is 4.90 Å². The summed E-state index contributed by atoms with van der Waals surface area (Å²) in [5.41, 5.74) is 5.47. The molecule has 2 aromatic carbocycles. The van der Waals surface area contributed by atoms with Gasteiger partial charge in [0.2, 0.25) is 0 Å². The fourth-order valence-electron chi connectivity index (χ4n) is 2.73. The van der Waals surface area contributed by atoms with Crippen molar-refractivity contribution in [3.63, 3.8) is 0 Å². The van der Waals surface area contributed by atoms with Crippen LogP contribution in [-0.4, -0.2) is 7.05 Å². The molecule has 1 heterocycles. The van der Waals surface area contributed by atoms with Gasteiger partial charge in [-0.3, -0.25) is 0 Å². The smallest absolute Gasteiger partial charge is 0.0600 e. The van der Waals surface area contributed by atoms with Crippen molar-refractivity contribution in [1.82, 2.24) is 0 Å². The Labute approximate surface area is 103 Å². The van der Waals surface area contributed by atoms with Gasteiger partial charge in [0, 0.05) is 18.3 Å². The molecule has 1 heteroatoms. The second kappa shape index (κ2) is 3.36. The summed E-state index contributed by atoms with van der Waals surface area (Å²) in [6.45, 7) is 4.56. The van der Waals surface area contributed by atoms with Crippen LogP contribution in [0.2, 0.25) is 0 Å². The Balaban J connectivity index is 2.37. The minimum Gasteiger partial charge on any atom is -0.365 e. The molecule has 86 valence electrons. The van der Waals surface area contributed by atoms with Gasteiger partial charge in [-0.15, -0.1) is 0 Å². The van der Waals surface area contributed by atoms with Gasteiger partial charge in [0.25, 0.3) is 0 Å². The van der Waals surface area contributed by atoms with E-state index < -0.39 is 0 Å². The van der Waals surface area contributed by atoms with Gasteiger partial charge in [-0.1, -0.05) is 42.5 Å². The van der Waals surface area contributed by atoms with Crippen molar-refractivity contribution in [3.8, 4) is 11.1 Å². The summed E-state index contributed by atoms with van der Waals surface area (Å²) in [5, 5.41) is 0. The zero-order chi connectivity index (χ0) is 12.0. The van der Waals surface area contributed by atoms with E-state index in [1.807, 2.05) is 0 Å². The number of hydrogen-bond donors (Lipinski definition) is 0. The van der Waals surface area contributed by atoms with Crippen LogP contribution in [0.1, 0.15) is 19.4 Å².